The summed E-state index contributed by atoms with van der Waals surface area (Å²) < 4.78 is 5.46. The highest BCUT2D eigenvalue weighted by Gasteiger charge is 2.10. The van der Waals surface area contributed by atoms with E-state index in [2.05, 4.69) is 41.3 Å². The molecule has 0 heterocycles. The lowest BCUT2D eigenvalue weighted by atomic mass is 9.89. The molecule has 1 atom stereocenters. The number of esters is 1. The Morgan fingerprint density at radius 2 is 1.04 bits per heavy atom. The van der Waals surface area contributed by atoms with E-state index < -0.39 is 0 Å². The third-order valence-electron chi connectivity index (χ3n) is 11.0. The van der Waals surface area contributed by atoms with Crippen molar-refractivity contribution in [3.63, 3.8) is 0 Å². The lowest BCUT2D eigenvalue weighted by molar-refractivity contribution is -0.143. The number of nitrogens with one attached hydrogen (secondary N) is 2. The third-order valence-corrected chi connectivity index (χ3v) is 11.0. The van der Waals surface area contributed by atoms with Crippen LogP contribution >= 0.6 is 0 Å². The molecule has 0 fully saturated rings. The molecule has 0 aromatic rings. The molecule has 9 nitrogen and oxygen atoms in total. The molecule has 0 aliphatic rings. The second-order valence-electron chi connectivity index (χ2n) is 16.1. The van der Waals surface area contributed by atoms with Crippen LogP contribution in [0.3, 0.4) is 0 Å². The van der Waals surface area contributed by atoms with Crippen LogP contribution < -0.4 is 10.6 Å². The number of ether oxygens (including phenoxy) is 1. The Balaban J connectivity index is 0. The number of carbonyl (C=O) groups is 2. The summed E-state index contributed by atoms with van der Waals surface area (Å²) in [5.41, 5.74) is 0. The summed E-state index contributed by atoms with van der Waals surface area (Å²) in [6, 6.07) is 0. The van der Waals surface area contributed by atoms with Crippen molar-refractivity contribution in [2.24, 2.45) is 10.9 Å². The fourth-order valence-electron chi connectivity index (χ4n) is 7.51. The van der Waals surface area contributed by atoms with E-state index in [0.717, 1.165) is 51.2 Å². The van der Waals surface area contributed by atoms with Crippen LogP contribution in [0.2, 0.25) is 0 Å². The lowest BCUT2D eigenvalue weighted by Gasteiger charge is -2.22. The van der Waals surface area contributed by atoms with E-state index >= 15 is 0 Å². The highest BCUT2D eigenvalue weighted by atomic mass is 16.5. The fourth-order valence-corrected chi connectivity index (χ4v) is 7.51. The Bertz CT molecular complexity index is 881. The highest BCUT2D eigenvalue weighted by molar-refractivity contribution is 5.80. The van der Waals surface area contributed by atoms with Crippen LogP contribution in [0.25, 0.3) is 0 Å². The van der Waals surface area contributed by atoms with Crippen LogP contribution in [0.15, 0.2) is 4.99 Å². The molecular formula is C47H93N5O4. The number of nitriles is 1. The average molecular weight is 792 g/mol. The molecule has 0 bridgehead atoms. The summed E-state index contributed by atoms with van der Waals surface area (Å²) in [7, 11) is 1.70. The van der Waals surface area contributed by atoms with Gasteiger partial charge in [0.25, 0.3) is 6.47 Å². The molecule has 0 aromatic heterocycles. The zero-order valence-corrected chi connectivity index (χ0v) is 37.5. The Hall–Kier alpha value is -2.34. The average Bonchev–Trinajstić information content (AvgIpc) is 3.20. The van der Waals surface area contributed by atoms with E-state index in [-0.39, 0.29) is 12.4 Å². The van der Waals surface area contributed by atoms with Crippen molar-refractivity contribution in [1.82, 2.24) is 15.5 Å². The van der Waals surface area contributed by atoms with Crippen molar-refractivity contribution in [3.8, 4) is 6.19 Å². The molecule has 0 aliphatic heterocycles. The standard InChI is InChI=1S/C46H91N5O2.CH2O2/c1-5-8-11-14-16-25-32-42-53-45(52)37-29-22-18-24-31-40-51(41-33-38-49-46(48-4)50-43-47)39-30-23-17-21-28-36-44(34-26-19-13-10-7-3)35-27-20-15-12-9-6-2;2-1-3/h44H,5-42H2,1-4H3,(H2,48,49,50);1H,(H,2,3). The van der Waals surface area contributed by atoms with Gasteiger partial charge in [0.2, 0.25) is 5.96 Å². The van der Waals surface area contributed by atoms with Crippen LogP contribution in [0.5, 0.6) is 0 Å². The summed E-state index contributed by atoms with van der Waals surface area (Å²) >= 11 is 0. The molecule has 1 unspecified atom stereocenters. The second kappa shape index (κ2) is 48.8. The lowest BCUT2D eigenvalue weighted by Crippen LogP contribution is -2.36. The minimum absolute atomic E-state index is 0.0113. The van der Waals surface area contributed by atoms with E-state index in [0.29, 0.717) is 19.0 Å². The van der Waals surface area contributed by atoms with Gasteiger partial charge in [0.1, 0.15) is 0 Å². The predicted molar refractivity (Wildman–Crippen MR) is 239 cm³/mol. The molecule has 0 saturated carbocycles. The van der Waals surface area contributed by atoms with E-state index in [9.17, 15) is 4.79 Å². The van der Waals surface area contributed by atoms with Gasteiger partial charge in [-0.25, -0.2) is 0 Å². The highest BCUT2D eigenvalue weighted by Crippen LogP contribution is 2.25. The molecule has 0 aliphatic carbocycles. The summed E-state index contributed by atoms with van der Waals surface area (Å²) in [6.07, 6.45) is 44.7. The Morgan fingerprint density at radius 3 is 1.48 bits per heavy atom. The second-order valence-corrected chi connectivity index (χ2v) is 16.1. The molecule has 3 N–H and O–H groups in total. The van der Waals surface area contributed by atoms with Gasteiger partial charge in [-0.05, 0) is 57.7 Å². The summed E-state index contributed by atoms with van der Waals surface area (Å²) in [4.78, 5) is 27.2. The van der Waals surface area contributed by atoms with E-state index in [1.54, 1.807) is 7.05 Å². The van der Waals surface area contributed by atoms with Crippen molar-refractivity contribution in [2.45, 2.75) is 233 Å². The Kier molecular flexibility index (Phi) is 48.6. The quantitative estimate of drug-likeness (QED) is 0.0106. The molecule has 9 heteroatoms. The number of nitrogens with zero attached hydrogens (tertiary/aromatic N) is 3. The monoisotopic (exact) mass is 792 g/mol. The van der Waals surface area contributed by atoms with Gasteiger partial charge in [0, 0.05) is 20.0 Å². The van der Waals surface area contributed by atoms with Crippen LogP contribution in [0, 0.1) is 17.4 Å². The number of aliphatic imine (C=N–C) groups is 1. The minimum Gasteiger partial charge on any atom is -0.483 e. The van der Waals surface area contributed by atoms with Crippen molar-refractivity contribution in [2.75, 3.05) is 39.8 Å². The molecule has 0 amide bonds. The molecule has 0 rings (SSSR count). The van der Waals surface area contributed by atoms with Crippen molar-refractivity contribution in [3.05, 3.63) is 0 Å². The van der Waals surface area contributed by atoms with Crippen molar-refractivity contribution in [1.29, 1.82) is 5.26 Å². The maximum atomic E-state index is 12.1. The van der Waals surface area contributed by atoms with Gasteiger partial charge < -0.3 is 20.1 Å². The van der Waals surface area contributed by atoms with E-state index in [1.165, 1.54) is 186 Å². The molecule has 0 saturated heterocycles. The number of rotatable bonds is 41. The van der Waals surface area contributed by atoms with Crippen LogP contribution in [0.4, 0.5) is 0 Å². The zero-order valence-electron chi connectivity index (χ0n) is 37.5. The number of carboxylic acid groups (broad SMARTS) is 1. The van der Waals surface area contributed by atoms with Gasteiger partial charge in [-0.1, -0.05) is 194 Å². The van der Waals surface area contributed by atoms with Crippen LogP contribution in [-0.4, -0.2) is 68.2 Å². The number of unbranched alkanes of at least 4 members (excludes halogenated alkanes) is 23. The zero-order chi connectivity index (χ0) is 41.4. The minimum atomic E-state index is -0.250. The molecule has 330 valence electrons. The third kappa shape index (κ3) is 44.4. The van der Waals surface area contributed by atoms with Crippen LogP contribution in [0.1, 0.15) is 233 Å². The number of hydrogen-bond donors (Lipinski definition) is 3. The van der Waals surface area contributed by atoms with E-state index in [4.69, 9.17) is 19.9 Å². The maximum Gasteiger partial charge on any atom is 0.305 e. The SMILES string of the molecule is CCCCCCCCCOC(=O)CCCCCCCN(CCCCCCCC(CCCCCCC)CCCCCCCC)CCCNC(=NC)NC#N.O=CO. The maximum absolute atomic E-state index is 12.1. The molecule has 0 aromatic carbocycles. The van der Waals surface area contributed by atoms with Gasteiger partial charge >= 0.3 is 5.97 Å². The fraction of sp³-hybridized carbons (Fsp3) is 0.915. The largest absolute Gasteiger partial charge is 0.483 e. The molecule has 0 radical (unpaired) electrons. The molecule has 56 heavy (non-hydrogen) atoms. The first kappa shape index (κ1) is 55.8. The normalized spacial score (nSPS) is 11.8. The van der Waals surface area contributed by atoms with Crippen LogP contribution in [-0.2, 0) is 14.3 Å². The van der Waals surface area contributed by atoms with Gasteiger partial charge in [-0.15, -0.1) is 0 Å². The van der Waals surface area contributed by atoms with Gasteiger partial charge in [0.05, 0.1) is 6.61 Å². The van der Waals surface area contributed by atoms with Crippen molar-refractivity contribution >= 4 is 18.4 Å². The predicted octanol–water partition coefficient (Wildman–Crippen LogP) is 12.7. The molecular weight excluding hydrogens is 699 g/mol. The topological polar surface area (TPSA) is 127 Å². The Labute approximate surface area is 347 Å². The first-order valence-electron chi connectivity index (χ1n) is 23.8. The first-order valence-corrected chi connectivity index (χ1v) is 23.8. The number of hydrogen-bond acceptors (Lipinski definition) is 6. The number of carbonyl (C=O) groups excluding carboxylic acids is 1. The van der Waals surface area contributed by atoms with Gasteiger partial charge in [-0.2, -0.15) is 5.26 Å². The summed E-state index contributed by atoms with van der Waals surface area (Å²) in [5, 5.41) is 21.7. The number of guanidine groups is 1. The first-order chi connectivity index (χ1) is 27.5. The van der Waals surface area contributed by atoms with E-state index in [1.807, 2.05) is 6.19 Å². The summed E-state index contributed by atoms with van der Waals surface area (Å²) in [5.74, 6) is 1.50. The van der Waals surface area contributed by atoms with Gasteiger partial charge in [0.15, 0.2) is 6.19 Å². The van der Waals surface area contributed by atoms with Gasteiger partial charge in [-0.3, -0.25) is 19.9 Å². The van der Waals surface area contributed by atoms with Crippen molar-refractivity contribution < 1.29 is 19.4 Å². The molecule has 0 spiro atoms. The Morgan fingerprint density at radius 1 is 0.643 bits per heavy atom. The smallest absolute Gasteiger partial charge is 0.305 e. The summed E-state index contributed by atoms with van der Waals surface area (Å²) in [6.45, 7) is 11.4.